The number of nitrogens with zero attached hydrogens (tertiary/aromatic N) is 3. The number of carbonyl (C=O) groups excluding carboxylic acids is 1. The largest absolute Gasteiger partial charge is 0.484 e. The molecule has 0 spiro atoms. The molecule has 1 amide bonds. The molecule has 28 heavy (non-hydrogen) atoms. The predicted octanol–water partition coefficient (Wildman–Crippen LogP) is 2.00. The molecule has 10 heteroatoms. The summed E-state index contributed by atoms with van der Waals surface area (Å²) in [5.41, 5.74) is 1.21. The van der Waals surface area contributed by atoms with E-state index in [1.165, 1.54) is 44.8 Å². The number of anilines is 1. The lowest BCUT2D eigenvalue weighted by Gasteiger charge is -2.12. The zero-order valence-electron chi connectivity index (χ0n) is 15.2. The lowest BCUT2D eigenvalue weighted by Crippen LogP contribution is -2.22. The van der Waals surface area contributed by atoms with Crippen molar-refractivity contribution in [3.8, 4) is 17.2 Å². The summed E-state index contributed by atoms with van der Waals surface area (Å²) >= 11 is 0. The van der Waals surface area contributed by atoms with Crippen molar-refractivity contribution >= 4 is 21.6 Å². The Balaban J connectivity index is 1.54. The first-order chi connectivity index (χ1) is 13.4. The molecule has 0 radical (unpaired) electrons. The van der Waals surface area contributed by atoms with E-state index in [1.807, 2.05) is 0 Å². The highest BCUT2D eigenvalue weighted by molar-refractivity contribution is 7.89. The number of sulfonamides is 1. The minimum absolute atomic E-state index is 0.146. The van der Waals surface area contributed by atoms with Crippen LogP contribution in [-0.4, -0.2) is 49.5 Å². The van der Waals surface area contributed by atoms with Crippen LogP contribution in [-0.2, 0) is 14.8 Å². The van der Waals surface area contributed by atoms with Crippen LogP contribution >= 0.6 is 0 Å². The van der Waals surface area contributed by atoms with E-state index in [1.54, 1.807) is 24.3 Å². The highest BCUT2D eigenvalue weighted by Crippen LogP contribution is 2.20. The molecule has 3 rings (SSSR count). The second-order valence-electron chi connectivity index (χ2n) is 5.92. The molecule has 1 N–H and O–H groups in total. The summed E-state index contributed by atoms with van der Waals surface area (Å²) < 4.78 is 35.7. The molecule has 0 saturated heterocycles. The van der Waals surface area contributed by atoms with Gasteiger partial charge in [0.05, 0.1) is 4.90 Å². The van der Waals surface area contributed by atoms with Crippen LogP contribution in [0.1, 0.15) is 0 Å². The molecule has 0 aliphatic heterocycles. The van der Waals surface area contributed by atoms with Crippen LogP contribution < -0.4 is 10.1 Å². The molecule has 1 aromatic heterocycles. The highest BCUT2D eigenvalue weighted by Gasteiger charge is 2.16. The lowest BCUT2D eigenvalue weighted by atomic mass is 10.2. The van der Waals surface area contributed by atoms with E-state index in [-0.39, 0.29) is 17.4 Å². The minimum Gasteiger partial charge on any atom is -0.484 e. The van der Waals surface area contributed by atoms with Gasteiger partial charge >= 0.3 is 0 Å². The van der Waals surface area contributed by atoms with E-state index in [0.717, 1.165) is 9.87 Å². The van der Waals surface area contributed by atoms with Gasteiger partial charge in [-0.15, -0.1) is 10.2 Å². The fourth-order valence-corrected chi connectivity index (χ4v) is 3.16. The molecule has 0 fully saturated rings. The molecule has 0 aliphatic carbocycles. The molecule has 0 bridgehead atoms. The van der Waals surface area contributed by atoms with Gasteiger partial charge in [-0.25, -0.2) is 12.7 Å². The number of nitrogens with one attached hydrogen (secondary N) is 1. The first-order valence-corrected chi connectivity index (χ1v) is 9.62. The van der Waals surface area contributed by atoms with Crippen molar-refractivity contribution in [3.63, 3.8) is 0 Å². The maximum Gasteiger partial charge on any atom is 0.262 e. The zero-order valence-corrected chi connectivity index (χ0v) is 16.0. The van der Waals surface area contributed by atoms with Crippen LogP contribution in [0, 0.1) is 0 Å². The first-order valence-electron chi connectivity index (χ1n) is 8.18. The summed E-state index contributed by atoms with van der Waals surface area (Å²) in [6, 6.07) is 12.8. The summed E-state index contributed by atoms with van der Waals surface area (Å²) in [6.45, 7) is -0.197. The van der Waals surface area contributed by atoms with Crippen LogP contribution in [0.15, 0.2) is 64.2 Å². The van der Waals surface area contributed by atoms with E-state index >= 15 is 0 Å². The Bertz CT molecular complexity index is 1030. The third-order valence-corrected chi connectivity index (χ3v) is 5.58. The lowest BCUT2D eigenvalue weighted by molar-refractivity contribution is -0.118. The molecule has 0 unspecified atom stereocenters. The second-order valence-corrected chi connectivity index (χ2v) is 8.07. The molecular formula is C18H18N4O5S. The summed E-state index contributed by atoms with van der Waals surface area (Å²) in [4.78, 5) is 12.2. The van der Waals surface area contributed by atoms with Gasteiger partial charge in [0.25, 0.3) is 5.91 Å². The van der Waals surface area contributed by atoms with Gasteiger partial charge < -0.3 is 14.5 Å². The molecule has 0 saturated carbocycles. The van der Waals surface area contributed by atoms with E-state index in [4.69, 9.17) is 9.15 Å². The van der Waals surface area contributed by atoms with Crippen LogP contribution in [0.3, 0.4) is 0 Å². The van der Waals surface area contributed by atoms with Gasteiger partial charge in [0, 0.05) is 25.3 Å². The molecule has 0 atom stereocenters. The molecule has 2 aromatic carbocycles. The van der Waals surface area contributed by atoms with Crippen LogP contribution in [0.5, 0.6) is 5.75 Å². The van der Waals surface area contributed by atoms with Gasteiger partial charge in [0.1, 0.15) is 5.75 Å². The summed E-state index contributed by atoms with van der Waals surface area (Å²) in [5.74, 6) is 0.527. The smallest absolute Gasteiger partial charge is 0.262 e. The van der Waals surface area contributed by atoms with Gasteiger partial charge in [-0.1, -0.05) is 0 Å². The Morgan fingerprint density at radius 3 is 2.36 bits per heavy atom. The third kappa shape index (κ3) is 4.53. The molecule has 9 nitrogen and oxygen atoms in total. The minimum atomic E-state index is -3.51. The SMILES string of the molecule is CN(C)S(=O)(=O)c1ccc(NC(=O)COc2ccc(-c3nnco3)cc2)cc1. The summed E-state index contributed by atoms with van der Waals surface area (Å²) in [5, 5.41) is 10.1. The molecule has 3 aromatic rings. The standard InChI is InChI=1S/C18H18N4O5S/c1-22(2)28(24,25)16-9-5-14(6-10-16)20-17(23)11-26-15-7-3-13(4-8-15)18-21-19-12-27-18/h3-10,12H,11H2,1-2H3,(H,20,23). The Morgan fingerprint density at radius 1 is 1.11 bits per heavy atom. The zero-order chi connectivity index (χ0) is 20.1. The highest BCUT2D eigenvalue weighted by atomic mass is 32.2. The number of hydrogen-bond donors (Lipinski definition) is 1. The Labute approximate surface area is 162 Å². The molecule has 1 heterocycles. The van der Waals surface area contributed by atoms with Gasteiger partial charge in [-0.05, 0) is 48.5 Å². The topological polar surface area (TPSA) is 115 Å². The third-order valence-electron chi connectivity index (χ3n) is 3.75. The molecule has 0 aliphatic rings. The maximum absolute atomic E-state index is 12.0. The number of aromatic nitrogens is 2. The van der Waals surface area contributed by atoms with E-state index < -0.39 is 10.0 Å². The van der Waals surface area contributed by atoms with Crippen LogP contribution in [0.4, 0.5) is 5.69 Å². The van der Waals surface area contributed by atoms with Crippen LogP contribution in [0.2, 0.25) is 0 Å². The van der Waals surface area contributed by atoms with Crippen LogP contribution in [0.25, 0.3) is 11.5 Å². The Morgan fingerprint density at radius 2 is 1.79 bits per heavy atom. The van der Waals surface area contributed by atoms with Crippen molar-refractivity contribution in [2.75, 3.05) is 26.0 Å². The van der Waals surface area contributed by atoms with Gasteiger partial charge in [-0.3, -0.25) is 4.79 Å². The van der Waals surface area contributed by atoms with Crippen molar-refractivity contribution in [1.29, 1.82) is 0 Å². The fraction of sp³-hybridized carbons (Fsp3) is 0.167. The van der Waals surface area contributed by atoms with Crippen molar-refractivity contribution in [2.24, 2.45) is 0 Å². The van der Waals surface area contributed by atoms with Gasteiger partial charge in [-0.2, -0.15) is 0 Å². The number of carbonyl (C=O) groups is 1. The first kappa shape index (κ1) is 19.5. The average Bonchev–Trinajstić information content (AvgIpc) is 3.22. The van der Waals surface area contributed by atoms with Crippen molar-refractivity contribution in [1.82, 2.24) is 14.5 Å². The van der Waals surface area contributed by atoms with E-state index in [9.17, 15) is 13.2 Å². The number of rotatable bonds is 7. The summed E-state index contributed by atoms with van der Waals surface area (Å²) in [7, 11) is -0.597. The average molecular weight is 402 g/mol. The molecule has 146 valence electrons. The number of benzene rings is 2. The monoisotopic (exact) mass is 402 g/mol. The Hall–Kier alpha value is -3.24. The summed E-state index contributed by atoms with van der Waals surface area (Å²) in [6.07, 6.45) is 1.24. The quantitative estimate of drug-likeness (QED) is 0.643. The fourth-order valence-electron chi connectivity index (χ4n) is 2.26. The normalized spacial score (nSPS) is 11.4. The number of ether oxygens (including phenoxy) is 1. The van der Waals surface area contributed by atoms with Crippen molar-refractivity contribution < 1.29 is 22.4 Å². The maximum atomic E-state index is 12.0. The van der Waals surface area contributed by atoms with Gasteiger partial charge in [0.2, 0.25) is 22.3 Å². The van der Waals surface area contributed by atoms with Gasteiger partial charge in [0.15, 0.2) is 6.61 Å². The molecular weight excluding hydrogens is 384 g/mol. The van der Waals surface area contributed by atoms with Crippen molar-refractivity contribution in [3.05, 3.63) is 54.9 Å². The Kier molecular flexibility index (Phi) is 5.71. The second kappa shape index (κ2) is 8.19. The number of hydrogen-bond acceptors (Lipinski definition) is 7. The van der Waals surface area contributed by atoms with Crippen molar-refractivity contribution in [2.45, 2.75) is 4.90 Å². The van der Waals surface area contributed by atoms with E-state index in [0.29, 0.717) is 17.3 Å². The van der Waals surface area contributed by atoms with E-state index in [2.05, 4.69) is 15.5 Å². The number of amides is 1. The predicted molar refractivity (Wildman–Crippen MR) is 101 cm³/mol.